The van der Waals surface area contributed by atoms with Crippen molar-refractivity contribution in [2.24, 2.45) is 0 Å². The summed E-state index contributed by atoms with van der Waals surface area (Å²) in [5.41, 5.74) is 0. The normalized spacial score (nSPS) is 6.56. The second kappa shape index (κ2) is 12.9. The van der Waals surface area contributed by atoms with Gasteiger partial charge in [0.1, 0.15) is 0 Å². The summed E-state index contributed by atoms with van der Waals surface area (Å²) in [7, 11) is -5.39. The first-order valence-corrected chi connectivity index (χ1v) is 2.19. The van der Waals surface area contributed by atoms with Gasteiger partial charge < -0.3 is 19.2 Å². The van der Waals surface area contributed by atoms with Crippen LogP contribution in [0.5, 0.6) is 0 Å². The molecule has 40 valence electrons. The zero-order chi connectivity index (χ0) is 4.50. The molecule has 0 aliphatic rings. The molecule has 0 spiro atoms. The Bertz CT molecular complexity index is 61.9. The fraction of sp³-hybridized carbons (Fsp3) is 0. The van der Waals surface area contributed by atoms with Crippen LogP contribution in [0.1, 0.15) is 0 Å². The molecule has 0 aromatic rings. The SMILES string of the molecule is O=P([O-])([O-])[O-].S.[Li+].[Li+].[Li+]. The molecule has 0 amide bonds. The van der Waals surface area contributed by atoms with Gasteiger partial charge in [0.05, 0.1) is 0 Å². The van der Waals surface area contributed by atoms with Crippen LogP contribution < -0.4 is 71.3 Å². The van der Waals surface area contributed by atoms with Gasteiger partial charge in [0.2, 0.25) is 0 Å². The van der Waals surface area contributed by atoms with Gasteiger partial charge in [-0.1, -0.05) is 0 Å². The van der Waals surface area contributed by atoms with Crippen LogP contribution in [0.2, 0.25) is 0 Å². The third-order valence-corrected chi connectivity index (χ3v) is 0. The predicted molar refractivity (Wildman–Crippen MR) is 18.0 cm³/mol. The van der Waals surface area contributed by atoms with Crippen molar-refractivity contribution in [3.8, 4) is 0 Å². The Morgan fingerprint density at radius 2 is 0.889 bits per heavy atom. The summed E-state index contributed by atoms with van der Waals surface area (Å²) in [4.78, 5) is 25.6. The van der Waals surface area contributed by atoms with E-state index in [1.807, 2.05) is 0 Å². The van der Waals surface area contributed by atoms with Crippen molar-refractivity contribution < 1.29 is 75.8 Å². The van der Waals surface area contributed by atoms with E-state index in [0.29, 0.717) is 0 Å². The third-order valence-electron chi connectivity index (χ3n) is 0. The van der Waals surface area contributed by atoms with Crippen LogP contribution in [0.4, 0.5) is 0 Å². The van der Waals surface area contributed by atoms with Gasteiger partial charge in [-0.25, -0.2) is 0 Å². The molecule has 0 fully saturated rings. The summed E-state index contributed by atoms with van der Waals surface area (Å²) in [6, 6.07) is 0. The van der Waals surface area contributed by atoms with Crippen molar-refractivity contribution in [2.75, 3.05) is 0 Å². The van der Waals surface area contributed by atoms with E-state index in [1.165, 1.54) is 0 Å². The molecular weight excluding hydrogens is 148 g/mol. The molecule has 0 radical (unpaired) electrons. The number of hydrogen-bond acceptors (Lipinski definition) is 4. The molecule has 0 saturated carbocycles. The van der Waals surface area contributed by atoms with E-state index in [0.717, 1.165) is 0 Å². The molecule has 4 nitrogen and oxygen atoms in total. The standard InChI is InChI=1S/3Li.H3O4P.H2S/c;;;1-5(2,3)4;/h;;;(H3,1,2,3,4);1H2/q3*+1;;/p-3. The zero-order valence-electron chi connectivity index (χ0n) is 5.58. The first-order valence-electron chi connectivity index (χ1n) is 0.730. The summed E-state index contributed by atoms with van der Waals surface area (Å²) >= 11 is 0. The van der Waals surface area contributed by atoms with Gasteiger partial charge in [-0.2, -0.15) is 21.3 Å². The average Bonchev–Trinajstić information content (AvgIpc) is 0.722. The molecule has 0 aromatic carbocycles. The molecule has 0 aliphatic heterocycles. The molecular formula is H2Li3O4PS. The summed E-state index contributed by atoms with van der Waals surface area (Å²) in [5, 5.41) is 0. The number of hydrogen-bond donors (Lipinski definition) is 0. The van der Waals surface area contributed by atoms with Gasteiger partial charge in [-0.05, 0) is 0 Å². The van der Waals surface area contributed by atoms with Crippen LogP contribution in [0.25, 0.3) is 0 Å². The van der Waals surface area contributed by atoms with E-state index in [9.17, 15) is 0 Å². The summed E-state index contributed by atoms with van der Waals surface area (Å²) in [6.45, 7) is 0. The molecule has 9 heteroatoms. The minimum atomic E-state index is -5.39. The van der Waals surface area contributed by atoms with Crippen molar-refractivity contribution in [3.63, 3.8) is 0 Å². The fourth-order valence-electron chi connectivity index (χ4n) is 0. The van der Waals surface area contributed by atoms with E-state index < -0.39 is 7.82 Å². The van der Waals surface area contributed by atoms with Gasteiger partial charge in [0, 0.05) is 0 Å². The van der Waals surface area contributed by atoms with E-state index in [4.69, 9.17) is 19.2 Å². The van der Waals surface area contributed by atoms with Gasteiger partial charge in [-0.3, -0.25) is 0 Å². The van der Waals surface area contributed by atoms with Crippen LogP contribution in [0.15, 0.2) is 0 Å². The maximum absolute atomic E-state index is 8.55. The topological polar surface area (TPSA) is 86.2 Å². The average molecular weight is 150 g/mol. The minimum absolute atomic E-state index is 0. The van der Waals surface area contributed by atoms with Gasteiger partial charge >= 0.3 is 56.6 Å². The number of rotatable bonds is 0. The molecule has 0 saturated heterocycles. The van der Waals surface area contributed by atoms with Crippen LogP contribution in [0.3, 0.4) is 0 Å². The minimum Gasteiger partial charge on any atom is -0.822 e. The second-order valence-corrected chi connectivity index (χ2v) is 1.34. The Kier molecular flexibility index (Phi) is 43.3. The van der Waals surface area contributed by atoms with E-state index in [-0.39, 0.29) is 70.1 Å². The van der Waals surface area contributed by atoms with Crippen LogP contribution in [-0.2, 0) is 4.57 Å². The quantitative estimate of drug-likeness (QED) is 0.253. The molecule has 0 atom stereocenters. The molecule has 9 heavy (non-hydrogen) atoms. The van der Waals surface area contributed by atoms with Crippen molar-refractivity contribution in [1.29, 1.82) is 0 Å². The summed E-state index contributed by atoms with van der Waals surface area (Å²) in [6.07, 6.45) is 0. The predicted octanol–water partition coefficient (Wildman–Crippen LogP) is -11.7. The van der Waals surface area contributed by atoms with Crippen LogP contribution in [-0.4, -0.2) is 0 Å². The monoisotopic (exact) mass is 150 g/mol. The summed E-state index contributed by atoms with van der Waals surface area (Å²) in [5.74, 6) is 0. The summed E-state index contributed by atoms with van der Waals surface area (Å²) < 4.78 is 8.55. The first-order chi connectivity index (χ1) is 2.00. The van der Waals surface area contributed by atoms with Gasteiger partial charge in [0.15, 0.2) is 0 Å². The van der Waals surface area contributed by atoms with E-state index in [1.54, 1.807) is 0 Å². The van der Waals surface area contributed by atoms with Crippen LogP contribution in [0, 0.1) is 0 Å². The molecule has 0 aliphatic carbocycles. The molecule has 0 aromatic heterocycles. The third kappa shape index (κ3) is 138. The van der Waals surface area contributed by atoms with E-state index >= 15 is 0 Å². The van der Waals surface area contributed by atoms with E-state index in [2.05, 4.69) is 0 Å². The van der Waals surface area contributed by atoms with Crippen molar-refractivity contribution in [1.82, 2.24) is 0 Å². The largest absolute Gasteiger partial charge is 1.00 e. The Hall–Kier alpha value is 2.25. The van der Waals surface area contributed by atoms with Gasteiger partial charge in [0.25, 0.3) is 0 Å². The number of phosphoric acid groups is 1. The molecule has 0 heterocycles. The Morgan fingerprint density at radius 3 is 0.889 bits per heavy atom. The van der Waals surface area contributed by atoms with Crippen LogP contribution >= 0.6 is 21.3 Å². The smallest absolute Gasteiger partial charge is 0.822 e. The Morgan fingerprint density at radius 1 is 0.889 bits per heavy atom. The van der Waals surface area contributed by atoms with Crippen molar-refractivity contribution >= 4 is 21.3 Å². The Labute approximate surface area is 96.4 Å². The fourth-order valence-corrected chi connectivity index (χ4v) is 0. The molecule has 0 bridgehead atoms. The maximum atomic E-state index is 8.55. The molecule has 0 N–H and O–H groups in total. The first kappa shape index (κ1) is 30.3. The van der Waals surface area contributed by atoms with Gasteiger partial charge in [-0.15, -0.1) is 0 Å². The second-order valence-electron chi connectivity index (χ2n) is 0.447. The molecule has 0 rings (SSSR count). The van der Waals surface area contributed by atoms with Crippen molar-refractivity contribution in [3.05, 3.63) is 0 Å². The Balaban J connectivity index is -0.0000000133. The van der Waals surface area contributed by atoms with Crippen molar-refractivity contribution in [2.45, 2.75) is 0 Å². The maximum Gasteiger partial charge on any atom is 1.00 e. The zero-order valence-corrected chi connectivity index (χ0v) is 7.47. The molecule has 0 unspecified atom stereocenters.